The maximum absolute atomic E-state index is 5.52. The summed E-state index contributed by atoms with van der Waals surface area (Å²) in [5.74, 6) is 2.18. The van der Waals surface area contributed by atoms with E-state index in [9.17, 15) is 0 Å². The van der Waals surface area contributed by atoms with Crippen LogP contribution in [0.1, 0.15) is 23.5 Å². The quantitative estimate of drug-likeness (QED) is 0.609. The van der Waals surface area contributed by atoms with Crippen molar-refractivity contribution in [1.82, 2.24) is 5.32 Å². The molecular weight excluding hydrogens is 138 g/mol. The van der Waals surface area contributed by atoms with Crippen LogP contribution in [0.3, 0.4) is 0 Å². The van der Waals surface area contributed by atoms with Crippen LogP contribution in [-0.4, -0.2) is 6.54 Å². The SMILES string of the molecule is Cc1cc2c(o1)CNCCC2. The zero-order chi connectivity index (χ0) is 7.68. The minimum Gasteiger partial charge on any atom is -0.465 e. The van der Waals surface area contributed by atoms with Crippen molar-refractivity contribution in [3.63, 3.8) is 0 Å². The molecule has 0 atom stereocenters. The number of nitrogens with one attached hydrogen (secondary N) is 1. The number of hydrogen-bond acceptors (Lipinski definition) is 2. The van der Waals surface area contributed by atoms with Crippen LogP contribution < -0.4 is 5.32 Å². The number of aryl methyl sites for hydroxylation is 2. The van der Waals surface area contributed by atoms with Gasteiger partial charge in [-0.3, -0.25) is 0 Å². The summed E-state index contributed by atoms with van der Waals surface area (Å²) in [6.45, 7) is 4.03. The zero-order valence-electron chi connectivity index (χ0n) is 6.81. The molecule has 1 aromatic rings. The average Bonchev–Trinajstić information content (AvgIpc) is 2.17. The van der Waals surface area contributed by atoms with Gasteiger partial charge in [-0.15, -0.1) is 0 Å². The molecule has 1 aliphatic heterocycles. The summed E-state index contributed by atoms with van der Waals surface area (Å²) in [6, 6.07) is 2.16. The van der Waals surface area contributed by atoms with Gasteiger partial charge in [0.05, 0.1) is 6.54 Å². The van der Waals surface area contributed by atoms with Crippen LogP contribution in [0.15, 0.2) is 10.5 Å². The third-order valence-corrected chi connectivity index (χ3v) is 2.11. The van der Waals surface area contributed by atoms with Crippen molar-refractivity contribution in [1.29, 1.82) is 0 Å². The Labute approximate surface area is 66.6 Å². The second-order valence-electron chi connectivity index (χ2n) is 3.09. The van der Waals surface area contributed by atoms with Crippen molar-refractivity contribution in [2.75, 3.05) is 6.54 Å². The molecule has 2 nitrogen and oxygen atoms in total. The summed E-state index contributed by atoms with van der Waals surface area (Å²) in [4.78, 5) is 0. The highest BCUT2D eigenvalue weighted by Gasteiger charge is 2.10. The molecule has 0 saturated carbocycles. The predicted octanol–water partition coefficient (Wildman–Crippen LogP) is 1.62. The lowest BCUT2D eigenvalue weighted by molar-refractivity contribution is 0.466. The van der Waals surface area contributed by atoms with Crippen LogP contribution in [0.2, 0.25) is 0 Å². The highest BCUT2D eigenvalue weighted by atomic mass is 16.3. The molecule has 1 N–H and O–H groups in total. The Bertz CT molecular complexity index is 229. The summed E-state index contributed by atoms with van der Waals surface area (Å²) in [5, 5.41) is 3.32. The molecule has 2 rings (SSSR count). The fourth-order valence-corrected chi connectivity index (χ4v) is 1.58. The van der Waals surface area contributed by atoms with Gasteiger partial charge in [-0.2, -0.15) is 0 Å². The molecule has 0 fully saturated rings. The first-order chi connectivity index (χ1) is 5.36. The van der Waals surface area contributed by atoms with Gasteiger partial charge in [-0.05, 0) is 37.9 Å². The Morgan fingerprint density at radius 2 is 2.45 bits per heavy atom. The number of hydrogen-bond donors (Lipinski definition) is 1. The topological polar surface area (TPSA) is 25.2 Å². The van der Waals surface area contributed by atoms with E-state index in [1.165, 1.54) is 18.4 Å². The molecule has 11 heavy (non-hydrogen) atoms. The van der Waals surface area contributed by atoms with E-state index in [-0.39, 0.29) is 0 Å². The Morgan fingerprint density at radius 3 is 3.36 bits per heavy atom. The Morgan fingerprint density at radius 1 is 1.55 bits per heavy atom. The van der Waals surface area contributed by atoms with Gasteiger partial charge in [0.25, 0.3) is 0 Å². The molecular formula is C9H13NO. The molecule has 0 bridgehead atoms. The third kappa shape index (κ3) is 1.31. The molecule has 2 heteroatoms. The van der Waals surface area contributed by atoms with Gasteiger partial charge in [0.2, 0.25) is 0 Å². The molecule has 60 valence electrons. The van der Waals surface area contributed by atoms with Gasteiger partial charge < -0.3 is 9.73 Å². The van der Waals surface area contributed by atoms with Crippen molar-refractivity contribution in [3.8, 4) is 0 Å². The smallest absolute Gasteiger partial charge is 0.121 e. The first-order valence-corrected chi connectivity index (χ1v) is 4.15. The standard InChI is InChI=1S/C9H13NO/c1-7-5-8-3-2-4-10-6-9(8)11-7/h5,10H,2-4,6H2,1H3. The van der Waals surface area contributed by atoms with E-state index in [2.05, 4.69) is 11.4 Å². The predicted molar refractivity (Wildman–Crippen MR) is 43.5 cm³/mol. The maximum atomic E-state index is 5.52. The fourth-order valence-electron chi connectivity index (χ4n) is 1.58. The van der Waals surface area contributed by atoms with Crippen LogP contribution in [0.4, 0.5) is 0 Å². The van der Waals surface area contributed by atoms with Gasteiger partial charge in [0, 0.05) is 0 Å². The van der Waals surface area contributed by atoms with E-state index in [1.807, 2.05) is 6.92 Å². The second-order valence-corrected chi connectivity index (χ2v) is 3.09. The van der Waals surface area contributed by atoms with E-state index < -0.39 is 0 Å². The van der Waals surface area contributed by atoms with Crippen LogP contribution in [-0.2, 0) is 13.0 Å². The van der Waals surface area contributed by atoms with E-state index in [4.69, 9.17) is 4.42 Å². The summed E-state index contributed by atoms with van der Waals surface area (Å²) in [5.41, 5.74) is 1.40. The van der Waals surface area contributed by atoms with Crippen molar-refractivity contribution >= 4 is 0 Å². The van der Waals surface area contributed by atoms with Gasteiger partial charge in [0.1, 0.15) is 11.5 Å². The largest absolute Gasteiger partial charge is 0.465 e. The second kappa shape index (κ2) is 2.70. The van der Waals surface area contributed by atoms with Crippen LogP contribution in [0.25, 0.3) is 0 Å². The normalized spacial score (nSPS) is 17.5. The highest BCUT2D eigenvalue weighted by molar-refractivity contribution is 5.22. The van der Waals surface area contributed by atoms with Crippen LogP contribution in [0.5, 0.6) is 0 Å². The van der Waals surface area contributed by atoms with E-state index in [0.29, 0.717) is 0 Å². The third-order valence-electron chi connectivity index (χ3n) is 2.11. The lowest BCUT2D eigenvalue weighted by atomic mass is 10.1. The molecule has 0 radical (unpaired) electrons. The first-order valence-electron chi connectivity index (χ1n) is 4.15. The summed E-state index contributed by atoms with van der Waals surface area (Å²) in [6.07, 6.45) is 2.39. The van der Waals surface area contributed by atoms with E-state index >= 15 is 0 Å². The lowest BCUT2D eigenvalue weighted by Gasteiger charge is -1.94. The first kappa shape index (κ1) is 6.92. The van der Waals surface area contributed by atoms with Gasteiger partial charge in [-0.1, -0.05) is 0 Å². The Kier molecular flexibility index (Phi) is 1.70. The van der Waals surface area contributed by atoms with Crippen molar-refractivity contribution in [3.05, 3.63) is 23.2 Å². The van der Waals surface area contributed by atoms with Crippen molar-refractivity contribution in [2.24, 2.45) is 0 Å². The molecule has 1 aliphatic rings. The summed E-state index contributed by atoms with van der Waals surface area (Å²) in [7, 11) is 0. The molecule has 0 spiro atoms. The summed E-state index contributed by atoms with van der Waals surface area (Å²) >= 11 is 0. The minimum absolute atomic E-state index is 0.906. The van der Waals surface area contributed by atoms with Gasteiger partial charge in [0.15, 0.2) is 0 Å². The monoisotopic (exact) mass is 151 g/mol. The molecule has 0 unspecified atom stereocenters. The maximum Gasteiger partial charge on any atom is 0.121 e. The van der Waals surface area contributed by atoms with Gasteiger partial charge >= 0.3 is 0 Å². The molecule has 0 aliphatic carbocycles. The fraction of sp³-hybridized carbons (Fsp3) is 0.556. The lowest BCUT2D eigenvalue weighted by Crippen LogP contribution is -2.11. The average molecular weight is 151 g/mol. The molecule has 0 aromatic carbocycles. The van der Waals surface area contributed by atoms with Crippen LogP contribution in [0, 0.1) is 6.92 Å². The molecule has 0 amide bonds. The highest BCUT2D eigenvalue weighted by Crippen LogP contribution is 2.18. The molecule has 2 heterocycles. The van der Waals surface area contributed by atoms with Gasteiger partial charge in [-0.25, -0.2) is 0 Å². The number of fused-ring (bicyclic) bond motifs is 1. The van der Waals surface area contributed by atoms with Crippen molar-refractivity contribution < 1.29 is 4.42 Å². The molecule has 1 aromatic heterocycles. The molecule has 0 saturated heterocycles. The van der Waals surface area contributed by atoms with Crippen molar-refractivity contribution in [2.45, 2.75) is 26.3 Å². The Hall–Kier alpha value is -0.760. The summed E-state index contributed by atoms with van der Waals surface area (Å²) < 4.78 is 5.52. The number of rotatable bonds is 0. The zero-order valence-corrected chi connectivity index (χ0v) is 6.81. The minimum atomic E-state index is 0.906. The Balaban J connectivity index is 2.32. The van der Waals surface area contributed by atoms with E-state index in [0.717, 1.165) is 24.6 Å². The van der Waals surface area contributed by atoms with E-state index in [1.54, 1.807) is 0 Å². The van der Waals surface area contributed by atoms with Crippen LogP contribution >= 0.6 is 0 Å². The number of furan rings is 1.